The highest BCUT2D eigenvalue weighted by molar-refractivity contribution is 5.62. The lowest BCUT2D eigenvalue weighted by Gasteiger charge is -2.31. The van der Waals surface area contributed by atoms with Crippen molar-refractivity contribution in [2.24, 2.45) is 0 Å². The van der Waals surface area contributed by atoms with Crippen LogP contribution in [-0.4, -0.2) is 11.9 Å². The molecule has 0 aromatic carbocycles. The Morgan fingerprint density at radius 1 is 0.938 bits per heavy atom. The van der Waals surface area contributed by atoms with Crippen LogP contribution < -0.4 is 0 Å². The normalized spacial score (nSPS) is 24.9. The first-order valence-corrected chi connectivity index (χ1v) is 6.67. The molecular weight excluding hydrogens is 200 g/mol. The first-order valence-electron chi connectivity index (χ1n) is 6.67. The van der Waals surface area contributed by atoms with Gasteiger partial charge in [0.05, 0.1) is 6.26 Å². The molecule has 0 radical (unpaired) electrons. The molecule has 2 aliphatic carbocycles. The first kappa shape index (κ1) is 11.7. The van der Waals surface area contributed by atoms with E-state index < -0.39 is 5.60 Å². The average molecular weight is 222 g/mol. The largest absolute Gasteiger partial charge is 0.487 e. The van der Waals surface area contributed by atoms with Crippen LogP contribution in [0.5, 0.6) is 0 Å². The van der Waals surface area contributed by atoms with Crippen LogP contribution in [0.25, 0.3) is 0 Å². The van der Waals surface area contributed by atoms with Gasteiger partial charge in [-0.3, -0.25) is 4.79 Å². The Kier molecular flexibility index (Phi) is 4.03. The van der Waals surface area contributed by atoms with Crippen LogP contribution in [0, 0.1) is 0 Å². The quantitative estimate of drug-likeness (QED) is 0.537. The number of allylic oxidation sites excluding steroid dienone is 1. The summed E-state index contributed by atoms with van der Waals surface area (Å²) in [6, 6.07) is 0. The SMILES string of the molecule is O=CC1(OC=C2CCCCC2)CCCCC1. The Hall–Kier alpha value is -0.790. The minimum absolute atomic E-state index is 0.483. The maximum absolute atomic E-state index is 11.2. The third kappa shape index (κ3) is 2.87. The molecule has 2 rings (SSSR count). The number of aldehydes is 1. The van der Waals surface area contributed by atoms with Gasteiger partial charge >= 0.3 is 0 Å². The van der Waals surface area contributed by atoms with Crippen LogP contribution >= 0.6 is 0 Å². The van der Waals surface area contributed by atoms with Crippen molar-refractivity contribution in [1.82, 2.24) is 0 Å². The molecule has 0 unspecified atom stereocenters. The molecule has 0 heterocycles. The van der Waals surface area contributed by atoms with Gasteiger partial charge in [0.2, 0.25) is 0 Å². The van der Waals surface area contributed by atoms with Crippen molar-refractivity contribution in [2.75, 3.05) is 0 Å². The molecule has 2 fully saturated rings. The fourth-order valence-electron chi connectivity index (χ4n) is 2.74. The molecule has 0 bridgehead atoms. The van der Waals surface area contributed by atoms with E-state index in [0.717, 1.165) is 44.8 Å². The van der Waals surface area contributed by atoms with Gasteiger partial charge in [-0.1, -0.05) is 12.8 Å². The zero-order valence-electron chi connectivity index (χ0n) is 10.0. The molecule has 0 atom stereocenters. The summed E-state index contributed by atoms with van der Waals surface area (Å²) in [4.78, 5) is 11.2. The molecule has 90 valence electrons. The summed E-state index contributed by atoms with van der Waals surface area (Å²) >= 11 is 0. The van der Waals surface area contributed by atoms with Crippen LogP contribution in [0.3, 0.4) is 0 Å². The molecule has 0 amide bonds. The van der Waals surface area contributed by atoms with Crippen LogP contribution in [0.2, 0.25) is 0 Å². The minimum Gasteiger partial charge on any atom is -0.487 e. The van der Waals surface area contributed by atoms with Gasteiger partial charge in [-0.05, 0) is 56.9 Å². The van der Waals surface area contributed by atoms with E-state index in [1.165, 1.54) is 31.3 Å². The molecule has 2 nitrogen and oxygen atoms in total. The van der Waals surface area contributed by atoms with Crippen LogP contribution in [-0.2, 0) is 9.53 Å². The molecule has 2 saturated carbocycles. The van der Waals surface area contributed by atoms with Crippen molar-refractivity contribution in [2.45, 2.75) is 69.8 Å². The number of rotatable bonds is 3. The van der Waals surface area contributed by atoms with E-state index in [0.29, 0.717) is 0 Å². The zero-order valence-corrected chi connectivity index (χ0v) is 10.0. The van der Waals surface area contributed by atoms with Crippen LogP contribution in [0.1, 0.15) is 64.2 Å². The van der Waals surface area contributed by atoms with Crippen LogP contribution in [0.15, 0.2) is 11.8 Å². The van der Waals surface area contributed by atoms with Gasteiger partial charge in [0.25, 0.3) is 0 Å². The van der Waals surface area contributed by atoms with Crippen molar-refractivity contribution in [3.63, 3.8) is 0 Å². The fraction of sp³-hybridized carbons (Fsp3) is 0.786. The van der Waals surface area contributed by atoms with Crippen molar-refractivity contribution < 1.29 is 9.53 Å². The van der Waals surface area contributed by atoms with Gasteiger partial charge in [0.15, 0.2) is 11.9 Å². The van der Waals surface area contributed by atoms with Gasteiger partial charge in [-0.25, -0.2) is 0 Å². The summed E-state index contributed by atoms with van der Waals surface area (Å²) in [6.45, 7) is 0. The van der Waals surface area contributed by atoms with Crippen molar-refractivity contribution in [1.29, 1.82) is 0 Å². The summed E-state index contributed by atoms with van der Waals surface area (Å²) in [5, 5.41) is 0. The van der Waals surface area contributed by atoms with E-state index in [1.54, 1.807) is 0 Å². The molecular formula is C14H22O2. The molecule has 0 aromatic rings. The van der Waals surface area contributed by atoms with Gasteiger partial charge in [0, 0.05) is 0 Å². The lowest BCUT2D eigenvalue weighted by Crippen LogP contribution is -2.35. The predicted molar refractivity (Wildman–Crippen MR) is 64.1 cm³/mol. The Bertz CT molecular complexity index is 254. The highest BCUT2D eigenvalue weighted by Crippen LogP contribution is 2.31. The first-order chi connectivity index (χ1) is 7.85. The highest BCUT2D eigenvalue weighted by atomic mass is 16.5. The third-order valence-corrected chi connectivity index (χ3v) is 3.87. The Labute approximate surface area is 98.1 Å². The Morgan fingerprint density at radius 2 is 1.56 bits per heavy atom. The fourth-order valence-corrected chi connectivity index (χ4v) is 2.74. The third-order valence-electron chi connectivity index (χ3n) is 3.87. The molecule has 0 saturated heterocycles. The number of hydrogen-bond acceptors (Lipinski definition) is 2. The summed E-state index contributed by atoms with van der Waals surface area (Å²) in [6.07, 6.45) is 14.5. The number of carbonyl (C=O) groups is 1. The zero-order chi connectivity index (χ0) is 11.3. The molecule has 0 N–H and O–H groups in total. The maximum Gasteiger partial charge on any atom is 0.163 e. The number of ether oxygens (including phenoxy) is 1. The lowest BCUT2D eigenvalue weighted by molar-refractivity contribution is -0.128. The number of carbonyl (C=O) groups excluding carboxylic acids is 1. The highest BCUT2D eigenvalue weighted by Gasteiger charge is 2.32. The molecule has 0 aromatic heterocycles. The lowest BCUT2D eigenvalue weighted by atomic mass is 9.86. The van der Waals surface area contributed by atoms with Gasteiger partial charge in [0.1, 0.15) is 0 Å². The molecule has 16 heavy (non-hydrogen) atoms. The van der Waals surface area contributed by atoms with E-state index in [2.05, 4.69) is 0 Å². The van der Waals surface area contributed by atoms with E-state index in [4.69, 9.17) is 4.74 Å². The Balaban J connectivity index is 1.92. The van der Waals surface area contributed by atoms with E-state index in [1.807, 2.05) is 6.26 Å². The smallest absolute Gasteiger partial charge is 0.163 e. The standard InChI is InChI=1S/C14H22O2/c15-12-14(9-5-2-6-10-14)16-11-13-7-3-1-4-8-13/h11-12H,1-10H2. The van der Waals surface area contributed by atoms with Gasteiger partial charge in [-0.2, -0.15) is 0 Å². The van der Waals surface area contributed by atoms with Crippen molar-refractivity contribution in [3.05, 3.63) is 11.8 Å². The molecule has 2 aliphatic rings. The monoisotopic (exact) mass is 222 g/mol. The average Bonchev–Trinajstić information content (AvgIpc) is 2.39. The van der Waals surface area contributed by atoms with Crippen molar-refractivity contribution >= 4 is 6.29 Å². The van der Waals surface area contributed by atoms with E-state index in [-0.39, 0.29) is 0 Å². The minimum atomic E-state index is -0.483. The topological polar surface area (TPSA) is 26.3 Å². The second kappa shape index (κ2) is 5.51. The summed E-state index contributed by atoms with van der Waals surface area (Å²) in [5.41, 5.74) is 0.918. The van der Waals surface area contributed by atoms with E-state index in [9.17, 15) is 4.79 Å². The molecule has 0 spiro atoms. The van der Waals surface area contributed by atoms with Crippen LogP contribution in [0.4, 0.5) is 0 Å². The summed E-state index contributed by atoms with van der Waals surface area (Å²) in [7, 11) is 0. The summed E-state index contributed by atoms with van der Waals surface area (Å²) in [5.74, 6) is 0. The van der Waals surface area contributed by atoms with Gasteiger partial charge < -0.3 is 4.74 Å². The van der Waals surface area contributed by atoms with Gasteiger partial charge in [-0.15, -0.1) is 0 Å². The second-order valence-electron chi connectivity index (χ2n) is 5.20. The number of hydrogen-bond donors (Lipinski definition) is 0. The molecule has 2 heteroatoms. The second-order valence-corrected chi connectivity index (χ2v) is 5.20. The summed E-state index contributed by atoms with van der Waals surface area (Å²) < 4.78 is 5.83. The Morgan fingerprint density at radius 3 is 2.19 bits per heavy atom. The van der Waals surface area contributed by atoms with E-state index >= 15 is 0 Å². The molecule has 0 aliphatic heterocycles. The maximum atomic E-state index is 11.2. The predicted octanol–water partition coefficient (Wildman–Crippen LogP) is 3.75. The van der Waals surface area contributed by atoms with Crippen molar-refractivity contribution in [3.8, 4) is 0 Å².